The van der Waals surface area contributed by atoms with E-state index < -0.39 is 0 Å². The maximum absolute atomic E-state index is 12.9. The van der Waals surface area contributed by atoms with Gasteiger partial charge in [-0.05, 0) is 85.3 Å². The molecule has 27 heavy (non-hydrogen) atoms. The Kier molecular flexibility index (Phi) is 5.48. The number of tetrazole rings is 1. The second-order valence-corrected chi connectivity index (χ2v) is 8.04. The number of carbonyl (C=O) groups is 1. The molecule has 3 heterocycles. The summed E-state index contributed by atoms with van der Waals surface area (Å²) in [7, 11) is 0. The van der Waals surface area contributed by atoms with Crippen molar-refractivity contribution in [1.82, 2.24) is 30.0 Å². The molecule has 0 radical (unpaired) electrons. The molecule has 2 aromatic rings. The van der Waals surface area contributed by atoms with E-state index in [2.05, 4.69) is 27.3 Å². The van der Waals surface area contributed by atoms with E-state index in [-0.39, 0.29) is 5.91 Å². The number of nitrogens with zero attached hydrogens (tertiary/aromatic N) is 6. The maximum Gasteiger partial charge on any atom is 0.253 e. The number of likely N-dealkylation sites (tertiary alicyclic amines) is 2. The van der Waals surface area contributed by atoms with Crippen molar-refractivity contribution in [3.05, 3.63) is 36.2 Å². The van der Waals surface area contributed by atoms with Gasteiger partial charge in [0.05, 0.1) is 5.69 Å². The zero-order valence-electron chi connectivity index (χ0n) is 16.0. The summed E-state index contributed by atoms with van der Waals surface area (Å²) in [6.07, 6.45) is 6.50. The number of carbonyl (C=O) groups excluding carboxylic acids is 1. The van der Waals surface area contributed by atoms with Crippen molar-refractivity contribution in [3.63, 3.8) is 0 Å². The quantitative estimate of drug-likeness (QED) is 0.828. The molecule has 0 aliphatic carbocycles. The molecular formula is C20H28N6O. The molecular weight excluding hydrogens is 340 g/mol. The fourth-order valence-corrected chi connectivity index (χ4v) is 4.23. The Hall–Kier alpha value is -2.28. The second kappa shape index (κ2) is 8.17. The summed E-state index contributed by atoms with van der Waals surface area (Å²) < 4.78 is 1.59. The van der Waals surface area contributed by atoms with Crippen molar-refractivity contribution in [3.8, 4) is 5.69 Å². The van der Waals surface area contributed by atoms with Crippen LogP contribution in [0.1, 0.15) is 43.0 Å². The number of hydrogen-bond donors (Lipinski definition) is 0. The average molecular weight is 368 g/mol. The van der Waals surface area contributed by atoms with E-state index in [1.165, 1.54) is 32.4 Å². The molecule has 7 nitrogen and oxygen atoms in total. The van der Waals surface area contributed by atoms with Crippen LogP contribution in [0.2, 0.25) is 0 Å². The van der Waals surface area contributed by atoms with Gasteiger partial charge in [-0.15, -0.1) is 5.10 Å². The molecule has 1 aromatic heterocycles. The van der Waals surface area contributed by atoms with Crippen LogP contribution in [0.3, 0.4) is 0 Å². The van der Waals surface area contributed by atoms with Gasteiger partial charge in [-0.2, -0.15) is 0 Å². The smallest absolute Gasteiger partial charge is 0.253 e. The van der Waals surface area contributed by atoms with Crippen LogP contribution in [0.25, 0.3) is 5.69 Å². The van der Waals surface area contributed by atoms with Crippen molar-refractivity contribution < 1.29 is 4.79 Å². The fourth-order valence-electron chi connectivity index (χ4n) is 4.23. The van der Waals surface area contributed by atoms with Crippen LogP contribution < -0.4 is 0 Å². The topological polar surface area (TPSA) is 67.2 Å². The summed E-state index contributed by atoms with van der Waals surface area (Å²) in [5.41, 5.74) is 1.59. The third-order valence-corrected chi connectivity index (χ3v) is 5.93. The van der Waals surface area contributed by atoms with Gasteiger partial charge in [0, 0.05) is 25.2 Å². The van der Waals surface area contributed by atoms with Gasteiger partial charge in [0.25, 0.3) is 5.91 Å². The molecule has 1 amide bonds. The van der Waals surface area contributed by atoms with Gasteiger partial charge in [0.15, 0.2) is 0 Å². The van der Waals surface area contributed by atoms with Crippen LogP contribution >= 0.6 is 0 Å². The van der Waals surface area contributed by atoms with Crippen molar-refractivity contribution in [2.75, 3.05) is 32.7 Å². The van der Waals surface area contributed by atoms with Gasteiger partial charge < -0.3 is 9.80 Å². The summed E-state index contributed by atoms with van der Waals surface area (Å²) in [4.78, 5) is 17.6. The van der Waals surface area contributed by atoms with E-state index in [4.69, 9.17) is 0 Å². The first-order valence-corrected chi connectivity index (χ1v) is 10.0. The van der Waals surface area contributed by atoms with Gasteiger partial charge in [0.2, 0.25) is 0 Å². The van der Waals surface area contributed by atoms with Crippen LogP contribution in [-0.4, -0.2) is 68.6 Å². The molecule has 2 aliphatic heterocycles. The Labute approximate surface area is 160 Å². The first-order valence-electron chi connectivity index (χ1n) is 10.0. The molecule has 144 valence electrons. The monoisotopic (exact) mass is 368 g/mol. The minimum absolute atomic E-state index is 0.134. The van der Waals surface area contributed by atoms with E-state index in [0.29, 0.717) is 5.92 Å². The average Bonchev–Trinajstić information content (AvgIpc) is 3.24. The molecule has 7 heteroatoms. The van der Waals surface area contributed by atoms with E-state index in [9.17, 15) is 4.79 Å². The van der Waals surface area contributed by atoms with Crippen molar-refractivity contribution in [1.29, 1.82) is 0 Å². The molecule has 1 atom stereocenters. The third kappa shape index (κ3) is 4.35. The third-order valence-electron chi connectivity index (χ3n) is 5.93. The number of rotatable bonds is 4. The standard InChI is InChI=1S/C20H28N6O/c1-16-8-11-24(12-9-16)13-17-3-2-10-25(14-17)20(27)18-4-6-19(7-5-18)26-15-21-22-23-26/h4-7,15-17H,2-3,8-14H2,1H3. The Morgan fingerprint density at radius 1 is 1.11 bits per heavy atom. The Morgan fingerprint density at radius 2 is 1.89 bits per heavy atom. The largest absolute Gasteiger partial charge is 0.338 e. The lowest BCUT2D eigenvalue weighted by atomic mass is 9.94. The first kappa shape index (κ1) is 18.1. The summed E-state index contributed by atoms with van der Waals surface area (Å²) in [6.45, 7) is 7.65. The predicted molar refractivity (Wildman–Crippen MR) is 103 cm³/mol. The molecule has 0 spiro atoms. The molecule has 0 saturated carbocycles. The lowest BCUT2D eigenvalue weighted by Gasteiger charge is -2.38. The van der Waals surface area contributed by atoms with Crippen molar-refractivity contribution in [2.24, 2.45) is 11.8 Å². The highest BCUT2D eigenvalue weighted by Gasteiger charge is 2.27. The fraction of sp³-hybridized carbons (Fsp3) is 0.600. The van der Waals surface area contributed by atoms with Crippen LogP contribution in [-0.2, 0) is 0 Å². The lowest BCUT2D eigenvalue weighted by molar-refractivity contribution is 0.0622. The summed E-state index contributed by atoms with van der Waals surface area (Å²) in [5.74, 6) is 1.59. The van der Waals surface area contributed by atoms with E-state index in [0.717, 1.165) is 43.2 Å². The minimum atomic E-state index is 0.134. The molecule has 1 unspecified atom stereocenters. The Morgan fingerprint density at radius 3 is 2.59 bits per heavy atom. The zero-order valence-corrected chi connectivity index (χ0v) is 16.0. The first-order chi connectivity index (χ1) is 13.2. The highest BCUT2D eigenvalue weighted by molar-refractivity contribution is 5.94. The predicted octanol–water partition coefficient (Wildman–Crippen LogP) is 2.25. The molecule has 4 rings (SSSR count). The van der Waals surface area contributed by atoms with Crippen LogP contribution in [0.15, 0.2) is 30.6 Å². The van der Waals surface area contributed by atoms with Crippen LogP contribution in [0.4, 0.5) is 0 Å². The van der Waals surface area contributed by atoms with E-state index in [1.54, 1.807) is 11.0 Å². The Balaban J connectivity index is 1.35. The SMILES string of the molecule is CC1CCN(CC2CCCN(C(=O)c3ccc(-n4cnnn4)cc3)C2)CC1. The minimum Gasteiger partial charge on any atom is -0.338 e. The van der Waals surface area contributed by atoms with Crippen molar-refractivity contribution in [2.45, 2.75) is 32.6 Å². The molecule has 0 N–H and O–H groups in total. The molecule has 0 bridgehead atoms. The number of hydrogen-bond acceptors (Lipinski definition) is 5. The van der Waals surface area contributed by atoms with Gasteiger partial charge in [0.1, 0.15) is 6.33 Å². The number of piperidine rings is 2. The molecule has 1 aromatic carbocycles. The van der Waals surface area contributed by atoms with Gasteiger partial charge in [-0.25, -0.2) is 4.68 Å². The van der Waals surface area contributed by atoms with Gasteiger partial charge in [-0.1, -0.05) is 6.92 Å². The van der Waals surface area contributed by atoms with Gasteiger partial charge in [-0.3, -0.25) is 4.79 Å². The molecule has 2 saturated heterocycles. The zero-order chi connectivity index (χ0) is 18.6. The van der Waals surface area contributed by atoms with E-state index >= 15 is 0 Å². The summed E-state index contributed by atoms with van der Waals surface area (Å²) >= 11 is 0. The van der Waals surface area contributed by atoms with E-state index in [1.807, 2.05) is 29.2 Å². The summed E-state index contributed by atoms with van der Waals surface area (Å²) in [6, 6.07) is 7.52. The molecule has 2 fully saturated rings. The maximum atomic E-state index is 12.9. The number of benzene rings is 1. The number of aromatic nitrogens is 4. The lowest BCUT2D eigenvalue weighted by Crippen LogP contribution is -2.45. The molecule has 2 aliphatic rings. The normalized spacial score (nSPS) is 22.1. The van der Waals surface area contributed by atoms with Crippen LogP contribution in [0, 0.1) is 11.8 Å². The van der Waals surface area contributed by atoms with Crippen LogP contribution in [0.5, 0.6) is 0 Å². The highest BCUT2D eigenvalue weighted by atomic mass is 16.2. The number of amides is 1. The second-order valence-electron chi connectivity index (χ2n) is 8.04. The van der Waals surface area contributed by atoms with Gasteiger partial charge >= 0.3 is 0 Å². The summed E-state index contributed by atoms with van der Waals surface area (Å²) in [5, 5.41) is 11.2. The highest BCUT2D eigenvalue weighted by Crippen LogP contribution is 2.23. The Bertz CT molecular complexity index is 736. The van der Waals surface area contributed by atoms with Crippen molar-refractivity contribution >= 4 is 5.91 Å².